The zero-order valence-electron chi connectivity index (χ0n) is 8.24. The van der Waals surface area contributed by atoms with Crippen molar-refractivity contribution in [2.24, 2.45) is 5.73 Å². The van der Waals surface area contributed by atoms with Gasteiger partial charge in [-0.05, 0) is 24.5 Å². The molecule has 2 aliphatic rings. The largest absolute Gasteiger partial charge is 0.380 e. The summed E-state index contributed by atoms with van der Waals surface area (Å²) in [5, 5.41) is 3.56. The van der Waals surface area contributed by atoms with Crippen molar-refractivity contribution < 1.29 is 0 Å². The Labute approximate surface area is 84.5 Å². The summed E-state index contributed by atoms with van der Waals surface area (Å²) in [5.74, 6) is 0.662. The lowest BCUT2D eigenvalue weighted by Crippen LogP contribution is -2.43. The smallest absolute Gasteiger partial charge is 0.0481 e. The van der Waals surface area contributed by atoms with Gasteiger partial charge in [0, 0.05) is 23.7 Å². The molecule has 1 heterocycles. The average molecular weight is 188 g/mol. The molecule has 1 aliphatic heterocycles. The van der Waals surface area contributed by atoms with Gasteiger partial charge in [-0.1, -0.05) is 24.6 Å². The summed E-state index contributed by atoms with van der Waals surface area (Å²) in [6.45, 7) is 0. The minimum atomic E-state index is 0.334. The minimum Gasteiger partial charge on any atom is -0.380 e. The Bertz CT molecular complexity index is 348. The van der Waals surface area contributed by atoms with E-state index in [1.807, 2.05) is 0 Å². The van der Waals surface area contributed by atoms with Crippen LogP contribution >= 0.6 is 0 Å². The standard InChI is InChI=1S/C12H16N2/c13-10-6-3-5-9-8-4-1-2-7-11(8)14-12(9)10/h1-2,4,7,9-10,12,14H,3,5-6,13H2. The predicted octanol–water partition coefficient (Wildman–Crippen LogP) is 2.08. The van der Waals surface area contributed by atoms with Crippen LogP contribution in [0.25, 0.3) is 0 Å². The topological polar surface area (TPSA) is 38.0 Å². The molecular weight excluding hydrogens is 172 g/mol. The second-order valence-electron chi connectivity index (χ2n) is 4.46. The van der Waals surface area contributed by atoms with Gasteiger partial charge < -0.3 is 11.1 Å². The summed E-state index contributed by atoms with van der Waals surface area (Å²) in [6, 6.07) is 9.45. The van der Waals surface area contributed by atoms with E-state index < -0.39 is 0 Å². The van der Waals surface area contributed by atoms with E-state index in [0.717, 1.165) is 0 Å². The second-order valence-corrected chi connectivity index (χ2v) is 4.46. The third-order valence-electron chi connectivity index (χ3n) is 3.63. The van der Waals surface area contributed by atoms with Gasteiger partial charge in [0.25, 0.3) is 0 Å². The molecule has 1 saturated carbocycles. The highest BCUT2D eigenvalue weighted by atomic mass is 15.0. The Morgan fingerprint density at radius 2 is 2.07 bits per heavy atom. The number of nitrogens with two attached hydrogens (primary N) is 1. The van der Waals surface area contributed by atoms with Gasteiger partial charge in [0.15, 0.2) is 0 Å². The van der Waals surface area contributed by atoms with Crippen LogP contribution in [0.5, 0.6) is 0 Å². The summed E-state index contributed by atoms with van der Waals surface area (Å²) in [7, 11) is 0. The Kier molecular flexibility index (Phi) is 1.77. The van der Waals surface area contributed by atoms with Crippen LogP contribution in [0.3, 0.4) is 0 Å². The maximum atomic E-state index is 6.14. The fraction of sp³-hybridized carbons (Fsp3) is 0.500. The molecule has 14 heavy (non-hydrogen) atoms. The fourth-order valence-corrected chi connectivity index (χ4v) is 2.92. The van der Waals surface area contributed by atoms with E-state index in [9.17, 15) is 0 Å². The molecule has 74 valence electrons. The highest BCUT2D eigenvalue weighted by molar-refractivity contribution is 5.60. The van der Waals surface area contributed by atoms with Crippen LogP contribution in [0.4, 0.5) is 5.69 Å². The van der Waals surface area contributed by atoms with Crippen molar-refractivity contribution >= 4 is 5.69 Å². The van der Waals surface area contributed by atoms with E-state index in [1.165, 1.54) is 30.5 Å². The van der Waals surface area contributed by atoms with Crippen LogP contribution < -0.4 is 11.1 Å². The summed E-state index contributed by atoms with van der Waals surface area (Å²) < 4.78 is 0. The first kappa shape index (κ1) is 8.30. The van der Waals surface area contributed by atoms with Gasteiger partial charge in [-0.25, -0.2) is 0 Å². The molecule has 1 fully saturated rings. The molecule has 3 rings (SSSR count). The number of benzene rings is 1. The van der Waals surface area contributed by atoms with E-state index >= 15 is 0 Å². The Morgan fingerprint density at radius 1 is 1.21 bits per heavy atom. The molecule has 1 aromatic carbocycles. The zero-order valence-corrected chi connectivity index (χ0v) is 8.24. The van der Waals surface area contributed by atoms with Gasteiger partial charge >= 0.3 is 0 Å². The molecule has 0 spiro atoms. The van der Waals surface area contributed by atoms with Crippen molar-refractivity contribution in [3.8, 4) is 0 Å². The summed E-state index contributed by atoms with van der Waals surface area (Å²) in [4.78, 5) is 0. The number of para-hydroxylation sites is 1. The molecule has 3 N–H and O–H groups in total. The van der Waals surface area contributed by atoms with Crippen LogP contribution in [0.1, 0.15) is 30.7 Å². The molecule has 2 heteroatoms. The number of hydrogen-bond acceptors (Lipinski definition) is 2. The molecular formula is C12H16N2. The molecule has 3 unspecified atom stereocenters. The van der Waals surface area contributed by atoms with Gasteiger partial charge in [-0.15, -0.1) is 0 Å². The lowest BCUT2D eigenvalue weighted by atomic mass is 9.80. The summed E-state index contributed by atoms with van der Waals surface area (Å²) >= 11 is 0. The lowest BCUT2D eigenvalue weighted by molar-refractivity contribution is 0.372. The first-order valence-electron chi connectivity index (χ1n) is 5.47. The number of fused-ring (bicyclic) bond motifs is 3. The Balaban J connectivity index is 2.00. The van der Waals surface area contributed by atoms with Crippen molar-refractivity contribution in [1.82, 2.24) is 0 Å². The molecule has 3 atom stereocenters. The van der Waals surface area contributed by atoms with Crippen LogP contribution in [0.2, 0.25) is 0 Å². The SMILES string of the molecule is NC1CCCC2c3ccccc3NC12. The minimum absolute atomic E-state index is 0.334. The van der Waals surface area contributed by atoms with E-state index in [0.29, 0.717) is 18.0 Å². The maximum absolute atomic E-state index is 6.14. The van der Waals surface area contributed by atoms with Crippen molar-refractivity contribution in [2.75, 3.05) is 5.32 Å². The van der Waals surface area contributed by atoms with E-state index in [2.05, 4.69) is 29.6 Å². The highest BCUT2D eigenvalue weighted by Gasteiger charge is 2.37. The highest BCUT2D eigenvalue weighted by Crippen LogP contribution is 2.42. The molecule has 2 nitrogen and oxygen atoms in total. The van der Waals surface area contributed by atoms with Gasteiger partial charge in [-0.2, -0.15) is 0 Å². The molecule has 0 radical (unpaired) electrons. The van der Waals surface area contributed by atoms with E-state index in [4.69, 9.17) is 5.73 Å². The first-order chi connectivity index (χ1) is 6.86. The third-order valence-corrected chi connectivity index (χ3v) is 3.63. The number of hydrogen-bond donors (Lipinski definition) is 2. The zero-order chi connectivity index (χ0) is 9.54. The lowest BCUT2D eigenvalue weighted by Gasteiger charge is -2.31. The van der Waals surface area contributed by atoms with Crippen LogP contribution in [0.15, 0.2) is 24.3 Å². The summed E-state index contributed by atoms with van der Waals surface area (Å²) in [6.07, 6.45) is 3.74. The normalized spacial score (nSPS) is 34.5. The van der Waals surface area contributed by atoms with Crippen molar-refractivity contribution in [1.29, 1.82) is 0 Å². The van der Waals surface area contributed by atoms with Crippen molar-refractivity contribution in [2.45, 2.75) is 37.3 Å². The number of nitrogens with one attached hydrogen (secondary N) is 1. The first-order valence-corrected chi connectivity index (χ1v) is 5.47. The molecule has 0 saturated heterocycles. The predicted molar refractivity (Wildman–Crippen MR) is 58.4 cm³/mol. The van der Waals surface area contributed by atoms with E-state index in [-0.39, 0.29) is 0 Å². The number of rotatable bonds is 0. The van der Waals surface area contributed by atoms with Crippen LogP contribution in [-0.4, -0.2) is 12.1 Å². The quantitative estimate of drug-likeness (QED) is 0.654. The van der Waals surface area contributed by atoms with Crippen LogP contribution in [0, 0.1) is 0 Å². The molecule has 0 amide bonds. The molecule has 0 bridgehead atoms. The monoisotopic (exact) mass is 188 g/mol. The molecule has 1 aliphatic carbocycles. The maximum Gasteiger partial charge on any atom is 0.0481 e. The second kappa shape index (κ2) is 2.99. The van der Waals surface area contributed by atoms with Gasteiger partial charge in [0.05, 0.1) is 0 Å². The van der Waals surface area contributed by atoms with Gasteiger partial charge in [-0.3, -0.25) is 0 Å². The van der Waals surface area contributed by atoms with E-state index in [1.54, 1.807) is 0 Å². The van der Waals surface area contributed by atoms with Gasteiger partial charge in [0.1, 0.15) is 0 Å². The average Bonchev–Trinajstić information content (AvgIpc) is 2.59. The fourth-order valence-electron chi connectivity index (χ4n) is 2.92. The van der Waals surface area contributed by atoms with Crippen molar-refractivity contribution in [3.63, 3.8) is 0 Å². The Morgan fingerprint density at radius 3 is 3.00 bits per heavy atom. The van der Waals surface area contributed by atoms with Crippen LogP contribution in [-0.2, 0) is 0 Å². The molecule has 0 aromatic heterocycles. The number of anilines is 1. The summed E-state index contributed by atoms with van der Waals surface area (Å²) in [5.41, 5.74) is 8.92. The van der Waals surface area contributed by atoms with Gasteiger partial charge in [0.2, 0.25) is 0 Å². The Hall–Kier alpha value is -1.02. The van der Waals surface area contributed by atoms with Crippen molar-refractivity contribution in [3.05, 3.63) is 29.8 Å². The third kappa shape index (κ3) is 1.07. The molecule has 1 aromatic rings.